The van der Waals surface area contributed by atoms with E-state index in [1.807, 2.05) is 56.8 Å². The number of fused-ring (bicyclic) bond motifs is 1. The summed E-state index contributed by atoms with van der Waals surface area (Å²) in [4.78, 5) is 21.5. The molecule has 3 heterocycles. The monoisotopic (exact) mass is 457 g/mol. The molecule has 0 aliphatic rings. The van der Waals surface area contributed by atoms with Crippen LogP contribution in [-0.4, -0.2) is 25.7 Å². The fourth-order valence-corrected chi connectivity index (χ4v) is 4.08. The second-order valence-corrected chi connectivity index (χ2v) is 8.71. The van der Waals surface area contributed by atoms with Gasteiger partial charge in [0.15, 0.2) is 0 Å². The predicted molar refractivity (Wildman–Crippen MR) is 133 cm³/mol. The molecule has 0 saturated carbocycles. The molecule has 1 aromatic carbocycles. The summed E-state index contributed by atoms with van der Waals surface area (Å²) in [7, 11) is 1.94. The Morgan fingerprint density at radius 1 is 1.18 bits per heavy atom. The zero-order valence-electron chi connectivity index (χ0n) is 20.4. The standard InChI is InChI=1S/C27H31N5O2/c1-6-19-10-12-28-23(15-29-27(33)17(2)3)22(19)16-34-25-9-7-8-20-21(14-18(4)31-26(20)25)24-11-13-30-32(24)5/h7-14,17H,6,15-16H2,1-5H3,(H,29,33). The van der Waals surface area contributed by atoms with Crippen LogP contribution in [0.25, 0.3) is 22.2 Å². The Balaban J connectivity index is 1.68. The summed E-state index contributed by atoms with van der Waals surface area (Å²) in [5.41, 5.74) is 6.81. The lowest BCUT2D eigenvalue weighted by atomic mass is 10.0. The van der Waals surface area contributed by atoms with Crippen LogP contribution >= 0.6 is 0 Å². The van der Waals surface area contributed by atoms with E-state index in [1.54, 1.807) is 12.4 Å². The van der Waals surface area contributed by atoms with Gasteiger partial charge in [-0.05, 0) is 43.2 Å². The minimum absolute atomic E-state index is 0.00647. The lowest BCUT2D eigenvalue weighted by Gasteiger charge is -2.17. The number of ether oxygens (including phenoxy) is 1. The summed E-state index contributed by atoms with van der Waals surface area (Å²) >= 11 is 0. The van der Waals surface area contributed by atoms with Crippen molar-refractivity contribution in [3.05, 3.63) is 71.3 Å². The molecule has 4 rings (SSSR count). The van der Waals surface area contributed by atoms with Crippen molar-refractivity contribution in [2.45, 2.75) is 47.3 Å². The summed E-state index contributed by atoms with van der Waals surface area (Å²) in [5.74, 6) is 0.646. The molecular formula is C27H31N5O2. The summed E-state index contributed by atoms with van der Waals surface area (Å²) < 4.78 is 8.23. The third kappa shape index (κ3) is 4.78. The lowest BCUT2D eigenvalue weighted by Crippen LogP contribution is -2.28. The Labute approximate surface area is 200 Å². The van der Waals surface area contributed by atoms with Crippen LogP contribution in [0.5, 0.6) is 5.75 Å². The molecule has 0 fully saturated rings. The summed E-state index contributed by atoms with van der Waals surface area (Å²) in [5, 5.41) is 8.31. The fourth-order valence-electron chi connectivity index (χ4n) is 4.08. The Bertz CT molecular complexity index is 1330. The maximum Gasteiger partial charge on any atom is 0.222 e. The molecule has 176 valence electrons. The van der Waals surface area contributed by atoms with Crippen molar-refractivity contribution < 1.29 is 9.53 Å². The molecule has 0 radical (unpaired) electrons. The first-order valence-electron chi connectivity index (χ1n) is 11.6. The van der Waals surface area contributed by atoms with Crippen molar-refractivity contribution in [2.24, 2.45) is 13.0 Å². The van der Waals surface area contributed by atoms with Gasteiger partial charge in [-0.3, -0.25) is 14.5 Å². The molecule has 0 aliphatic carbocycles. The van der Waals surface area contributed by atoms with E-state index in [0.29, 0.717) is 18.9 Å². The van der Waals surface area contributed by atoms with E-state index in [9.17, 15) is 4.79 Å². The van der Waals surface area contributed by atoms with E-state index in [4.69, 9.17) is 9.72 Å². The van der Waals surface area contributed by atoms with Crippen LogP contribution in [0, 0.1) is 12.8 Å². The number of aromatic nitrogens is 4. The van der Waals surface area contributed by atoms with Gasteiger partial charge in [0.25, 0.3) is 0 Å². The Morgan fingerprint density at radius 2 is 2.00 bits per heavy atom. The van der Waals surface area contributed by atoms with Gasteiger partial charge in [0.1, 0.15) is 17.9 Å². The van der Waals surface area contributed by atoms with Crippen LogP contribution in [0.3, 0.4) is 0 Å². The molecule has 0 atom stereocenters. The van der Waals surface area contributed by atoms with Crippen LogP contribution < -0.4 is 10.1 Å². The zero-order valence-corrected chi connectivity index (χ0v) is 20.4. The first-order valence-corrected chi connectivity index (χ1v) is 11.6. The Morgan fingerprint density at radius 3 is 2.71 bits per heavy atom. The third-order valence-corrected chi connectivity index (χ3v) is 5.98. The number of aryl methyl sites for hydroxylation is 3. The van der Waals surface area contributed by atoms with Crippen molar-refractivity contribution in [1.82, 2.24) is 25.1 Å². The van der Waals surface area contributed by atoms with Gasteiger partial charge >= 0.3 is 0 Å². The molecule has 7 heteroatoms. The summed E-state index contributed by atoms with van der Waals surface area (Å²) in [6, 6.07) is 12.1. The number of rotatable bonds is 8. The van der Waals surface area contributed by atoms with Gasteiger partial charge < -0.3 is 10.1 Å². The predicted octanol–water partition coefficient (Wildman–Crippen LogP) is 4.75. The number of benzene rings is 1. The van der Waals surface area contributed by atoms with E-state index < -0.39 is 0 Å². The molecule has 34 heavy (non-hydrogen) atoms. The SMILES string of the molecule is CCc1ccnc(CNC(=O)C(C)C)c1COc1cccc2c(-c3ccnn3C)cc(C)nc12. The number of hydrogen-bond donors (Lipinski definition) is 1. The van der Waals surface area contributed by atoms with Crippen molar-refractivity contribution in [3.63, 3.8) is 0 Å². The average molecular weight is 458 g/mol. The van der Waals surface area contributed by atoms with Gasteiger partial charge in [-0.2, -0.15) is 5.10 Å². The number of carbonyl (C=O) groups is 1. The number of amides is 1. The van der Waals surface area contributed by atoms with Gasteiger partial charge in [-0.25, -0.2) is 4.98 Å². The van der Waals surface area contributed by atoms with E-state index in [-0.39, 0.29) is 11.8 Å². The van der Waals surface area contributed by atoms with Gasteiger partial charge in [0, 0.05) is 47.6 Å². The minimum atomic E-state index is -0.0762. The number of nitrogens with one attached hydrogen (secondary N) is 1. The summed E-state index contributed by atoms with van der Waals surface area (Å²) in [6.07, 6.45) is 4.44. The van der Waals surface area contributed by atoms with Crippen molar-refractivity contribution in [1.29, 1.82) is 0 Å². The highest BCUT2D eigenvalue weighted by atomic mass is 16.5. The van der Waals surface area contributed by atoms with Crippen LogP contribution in [0.4, 0.5) is 0 Å². The Hall–Kier alpha value is -3.74. The maximum absolute atomic E-state index is 12.1. The number of carbonyl (C=O) groups excluding carboxylic acids is 1. The largest absolute Gasteiger partial charge is 0.487 e. The second kappa shape index (κ2) is 10.0. The number of para-hydroxylation sites is 1. The first-order chi connectivity index (χ1) is 16.4. The van der Waals surface area contributed by atoms with Crippen LogP contribution in [-0.2, 0) is 31.4 Å². The molecule has 0 unspecified atom stereocenters. The normalized spacial score (nSPS) is 11.2. The average Bonchev–Trinajstić information content (AvgIpc) is 3.26. The summed E-state index contributed by atoms with van der Waals surface area (Å²) in [6.45, 7) is 8.58. The third-order valence-electron chi connectivity index (χ3n) is 5.98. The maximum atomic E-state index is 12.1. The van der Waals surface area contributed by atoms with Crippen molar-refractivity contribution in [2.75, 3.05) is 0 Å². The molecular weight excluding hydrogens is 426 g/mol. The van der Waals surface area contributed by atoms with Crippen LogP contribution in [0.2, 0.25) is 0 Å². The van der Waals surface area contributed by atoms with E-state index >= 15 is 0 Å². The smallest absolute Gasteiger partial charge is 0.222 e. The number of nitrogens with zero attached hydrogens (tertiary/aromatic N) is 4. The quantitative estimate of drug-likeness (QED) is 0.413. The minimum Gasteiger partial charge on any atom is -0.487 e. The highest BCUT2D eigenvalue weighted by Gasteiger charge is 2.16. The van der Waals surface area contributed by atoms with E-state index in [0.717, 1.165) is 51.1 Å². The number of hydrogen-bond acceptors (Lipinski definition) is 5. The van der Waals surface area contributed by atoms with Gasteiger partial charge in [0.2, 0.25) is 5.91 Å². The molecule has 7 nitrogen and oxygen atoms in total. The first kappa shape index (κ1) is 23.4. The molecule has 4 aromatic rings. The Kier molecular flexibility index (Phi) is 6.91. The van der Waals surface area contributed by atoms with Crippen molar-refractivity contribution >= 4 is 16.8 Å². The molecule has 3 aromatic heterocycles. The van der Waals surface area contributed by atoms with Gasteiger partial charge in [-0.1, -0.05) is 32.9 Å². The zero-order chi connectivity index (χ0) is 24.2. The molecule has 0 aliphatic heterocycles. The lowest BCUT2D eigenvalue weighted by molar-refractivity contribution is -0.124. The fraction of sp³-hybridized carbons (Fsp3) is 0.333. The molecule has 0 spiro atoms. The molecule has 1 N–H and O–H groups in total. The second-order valence-electron chi connectivity index (χ2n) is 8.71. The van der Waals surface area contributed by atoms with E-state index in [2.05, 4.69) is 34.5 Å². The molecule has 0 bridgehead atoms. The van der Waals surface area contributed by atoms with Crippen molar-refractivity contribution in [3.8, 4) is 17.0 Å². The van der Waals surface area contributed by atoms with Crippen LogP contribution in [0.1, 0.15) is 43.3 Å². The van der Waals surface area contributed by atoms with Gasteiger partial charge in [0.05, 0.1) is 17.9 Å². The highest BCUT2D eigenvalue weighted by Crippen LogP contribution is 2.33. The number of pyridine rings is 2. The van der Waals surface area contributed by atoms with E-state index in [1.165, 1.54) is 0 Å². The molecule has 1 amide bonds. The topological polar surface area (TPSA) is 81.9 Å². The highest BCUT2D eigenvalue weighted by molar-refractivity contribution is 5.97. The van der Waals surface area contributed by atoms with Gasteiger partial charge in [-0.15, -0.1) is 0 Å². The molecule has 0 saturated heterocycles. The van der Waals surface area contributed by atoms with Crippen LogP contribution in [0.15, 0.2) is 48.8 Å².